The number of amides is 1. The van der Waals surface area contributed by atoms with Crippen LogP contribution in [0, 0.1) is 0 Å². The molecule has 0 radical (unpaired) electrons. The quantitative estimate of drug-likeness (QED) is 0.206. The highest BCUT2D eigenvalue weighted by Gasteiger charge is 2.14. The molecule has 2 aromatic carbocycles. The Hall–Kier alpha value is -3.75. The second-order valence-electron chi connectivity index (χ2n) is 9.80. The molecule has 0 fully saturated rings. The van der Waals surface area contributed by atoms with Crippen LogP contribution < -0.4 is 10.6 Å². The monoisotopic (exact) mass is 499 g/mol. The van der Waals surface area contributed by atoms with Crippen molar-refractivity contribution in [2.24, 2.45) is 0 Å². The van der Waals surface area contributed by atoms with Gasteiger partial charge in [-0.3, -0.25) is 9.78 Å². The molecule has 7 nitrogen and oxygen atoms in total. The predicted octanol–water partition coefficient (Wildman–Crippen LogP) is 6.02. The molecule has 0 unspecified atom stereocenters. The van der Waals surface area contributed by atoms with Crippen LogP contribution in [-0.2, 0) is 11.5 Å². The fraction of sp³-hybridized carbons (Fsp3) is 0.250. The van der Waals surface area contributed by atoms with Crippen LogP contribution in [0.5, 0.6) is 0 Å². The molecule has 4 aromatic rings. The van der Waals surface area contributed by atoms with E-state index in [4.69, 9.17) is 9.84 Å². The first-order valence-electron chi connectivity index (χ1n) is 12.1. The van der Waals surface area contributed by atoms with Crippen LogP contribution in [0.15, 0.2) is 66.9 Å². The Bertz CT molecular complexity index is 1360. The summed E-state index contributed by atoms with van der Waals surface area (Å²) in [6, 6.07) is 20.5. The second-order valence-corrected chi connectivity index (χ2v) is 15.4. The molecule has 0 bridgehead atoms. The van der Waals surface area contributed by atoms with Gasteiger partial charge >= 0.3 is 0 Å². The number of anilines is 2. The Morgan fingerprint density at radius 3 is 2.61 bits per heavy atom. The van der Waals surface area contributed by atoms with Crippen molar-refractivity contribution < 1.29 is 9.53 Å². The summed E-state index contributed by atoms with van der Waals surface area (Å²) < 4.78 is 7.92. The smallest absolute Gasteiger partial charge is 0.253 e. The molecule has 186 valence electrons. The predicted molar refractivity (Wildman–Crippen MR) is 150 cm³/mol. The topological polar surface area (TPSA) is 81.1 Å². The van der Waals surface area contributed by atoms with Gasteiger partial charge in [0.25, 0.3) is 5.91 Å². The lowest BCUT2D eigenvalue weighted by atomic mass is 10.1. The van der Waals surface area contributed by atoms with Crippen molar-refractivity contribution in [3.63, 3.8) is 0 Å². The standard InChI is InChI=1S/C28H33N5O2Si/c1-29-28(34)24-10-5-6-11-25(24)31-22-12-14-23-26(15-13-21-9-7-8-16-30-21)32-33(27(23)19-22)20-35-17-18-36(2,3)4/h5-16,19,31H,17-18,20H2,1-4H3,(H,29,34)/b15-13+. The van der Waals surface area contributed by atoms with Crippen molar-refractivity contribution in [1.29, 1.82) is 0 Å². The van der Waals surface area contributed by atoms with E-state index in [1.165, 1.54) is 0 Å². The number of para-hydroxylation sites is 1. The molecule has 36 heavy (non-hydrogen) atoms. The molecule has 2 heterocycles. The largest absolute Gasteiger partial charge is 0.360 e. The summed E-state index contributed by atoms with van der Waals surface area (Å²) in [6.45, 7) is 8.11. The Morgan fingerprint density at radius 1 is 1.06 bits per heavy atom. The zero-order chi connectivity index (χ0) is 25.5. The van der Waals surface area contributed by atoms with Gasteiger partial charge in [-0.2, -0.15) is 5.10 Å². The molecule has 2 N–H and O–H groups in total. The minimum atomic E-state index is -1.18. The lowest BCUT2D eigenvalue weighted by Crippen LogP contribution is -2.22. The van der Waals surface area contributed by atoms with E-state index < -0.39 is 8.07 Å². The summed E-state index contributed by atoms with van der Waals surface area (Å²) in [5.41, 5.74) is 4.86. The molecular formula is C28H33N5O2Si. The maximum atomic E-state index is 12.3. The average Bonchev–Trinajstić information content (AvgIpc) is 3.22. The summed E-state index contributed by atoms with van der Waals surface area (Å²) in [5, 5.41) is 11.9. The maximum Gasteiger partial charge on any atom is 0.253 e. The summed E-state index contributed by atoms with van der Waals surface area (Å²) in [4.78, 5) is 16.7. The average molecular weight is 500 g/mol. The van der Waals surface area contributed by atoms with Crippen molar-refractivity contribution in [2.75, 3.05) is 19.0 Å². The highest BCUT2D eigenvalue weighted by Crippen LogP contribution is 2.27. The van der Waals surface area contributed by atoms with E-state index in [9.17, 15) is 4.79 Å². The number of nitrogens with one attached hydrogen (secondary N) is 2. The summed E-state index contributed by atoms with van der Waals surface area (Å²) in [6.07, 6.45) is 5.72. The van der Waals surface area contributed by atoms with Crippen LogP contribution in [0.4, 0.5) is 11.4 Å². The van der Waals surface area contributed by atoms with Gasteiger partial charge in [0.05, 0.1) is 28.2 Å². The molecule has 8 heteroatoms. The molecule has 0 aliphatic rings. The third-order valence-corrected chi connectivity index (χ3v) is 7.47. The van der Waals surface area contributed by atoms with E-state index >= 15 is 0 Å². The zero-order valence-corrected chi connectivity index (χ0v) is 22.3. The maximum absolute atomic E-state index is 12.3. The van der Waals surface area contributed by atoms with Crippen molar-refractivity contribution in [3.8, 4) is 0 Å². The number of aromatic nitrogens is 3. The third-order valence-electron chi connectivity index (χ3n) is 5.77. The van der Waals surface area contributed by atoms with E-state index in [1.54, 1.807) is 19.3 Å². The minimum Gasteiger partial charge on any atom is -0.360 e. The molecule has 0 saturated heterocycles. The van der Waals surface area contributed by atoms with Crippen molar-refractivity contribution >= 4 is 48.4 Å². The van der Waals surface area contributed by atoms with Crippen molar-refractivity contribution in [1.82, 2.24) is 20.1 Å². The first kappa shape index (κ1) is 25.3. The van der Waals surface area contributed by atoms with Crippen LogP contribution in [-0.4, -0.2) is 42.4 Å². The number of carbonyl (C=O) groups is 1. The van der Waals surface area contributed by atoms with E-state index in [0.29, 0.717) is 18.9 Å². The molecule has 0 saturated carbocycles. The number of benzene rings is 2. The molecule has 2 aromatic heterocycles. The van der Waals surface area contributed by atoms with E-state index in [2.05, 4.69) is 35.3 Å². The van der Waals surface area contributed by atoms with Gasteiger partial charge in [0, 0.05) is 39.0 Å². The van der Waals surface area contributed by atoms with Crippen molar-refractivity contribution in [3.05, 3.63) is 83.8 Å². The number of rotatable bonds is 10. The first-order valence-corrected chi connectivity index (χ1v) is 15.8. The zero-order valence-electron chi connectivity index (χ0n) is 21.3. The van der Waals surface area contributed by atoms with E-state index in [1.807, 2.05) is 71.4 Å². The molecule has 0 aliphatic heterocycles. The van der Waals surface area contributed by atoms with Gasteiger partial charge in [-0.25, -0.2) is 4.68 Å². The number of ether oxygens (including phenoxy) is 1. The molecule has 1 amide bonds. The molecule has 4 rings (SSSR count). The normalized spacial score (nSPS) is 11.8. The van der Waals surface area contributed by atoms with E-state index in [-0.39, 0.29) is 5.91 Å². The van der Waals surface area contributed by atoms with E-state index in [0.717, 1.165) is 39.7 Å². The number of nitrogens with zero attached hydrogens (tertiary/aromatic N) is 3. The molecule has 0 atom stereocenters. The van der Waals surface area contributed by atoms with Gasteiger partial charge in [0.1, 0.15) is 6.73 Å². The highest BCUT2D eigenvalue weighted by molar-refractivity contribution is 6.76. The van der Waals surface area contributed by atoms with Crippen LogP contribution in [0.1, 0.15) is 21.7 Å². The van der Waals surface area contributed by atoms with Gasteiger partial charge < -0.3 is 15.4 Å². The number of pyridine rings is 1. The lowest BCUT2D eigenvalue weighted by Gasteiger charge is -2.15. The summed E-state index contributed by atoms with van der Waals surface area (Å²) in [5.74, 6) is -0.137. The first-order chi connectivity index (χ1) is 17.3. The SMILES string of the molecule is CNC(=O)c1ccccc1Nc1ccc2c(/C=C/c3ccccn3)nn(COCC[Si](C)(C)C)c2c1. The summed E-state index contributed by atoms with van der Waals surface area (Å²) >= 11 is 0. The van der Waals surface area contributed by atoms with Crippen LogP contribution in [0.2, 0.25) is 25.7 Å². The second kappa shape index (κ2) is 11.3. The van der Waals surface area contributed by atoms with Crippen LogP contribution in [0.3, 0.4) is 0 Å². The lowest BCUT2D eigenvalue weighted by molar-refractivity contribution is 0.0816. The Morgan fingerprint density at radius 2 is 1.86 bits per heavy atom. The molecule has 0 spiro atoms. The molecule has 0 aliphatic carbocycles. The van der Waals surface area contributed by atoms with Gasteiger partial charge in [-0.1, -0.05) is 37.8 Å². The number of fused-ring (bicyclic) bond motifs is 1. The Balaban J connectivity index is 1.65. The fourth-order valence-corrected chi connectivity index (χ4v) is 4.50. The minimum absolute atomic E-state index is 0.137. The Kier molecular flexibility index (Phi) is 7.97. The van der Waals surface area contributed by atoms with Gasteiger partial charge in [0.15, 0.2) is 0 Å². The highest BCUT2D eigenvalue weighted by atomic mass is 28.3. The summed E-state index contributed by atoms with van der Waals surface area (Å²) in [7, 11) is 0.451. The third kappa shape index (κ3) is 6.47. The molecular weight excluding hydrogens is 466 g/mol. The number of carbonyl (C=O) groups excluding carboxylic acids is 1. The van der Waals surface area contributed by atoms with Crippen LogP contribution in [0.25, 0.3) is 23.1 Å². The van der Waals surface area contributed by atoms with Crippen molar-refractivity contribution in [2.45, 2.75) is 32.4 Å². The van der Waals surface area contributed by atoms with Gasteiger partial charge in [-0.05, 0) is 60.7 Å². The number of hydrogen-bond donors (Lipinski definition) is 2. The van der Waals surface area contributed by atoms with Crippen LogP contribution >= 0.6 is 0 Å². The van der Waals surface area contributed by atoms with Gasteiger partial charge in [-0.15, -0.1) is 0 Å². The number of hydrogen-bond acceptors (Lipinski definition) is 5. The fourth-order valence-electron chi connectivity index (χ4n) is 3.75. The van der Waals surface area contributed by atoms with Gasteiger partial charge in [0.2, 0.25) is 0 Å². The Labute approximate surface area is 213 Å².